The highest BCUT2D eigenvalue weighted by atomic mass is 16.6. The average molecular weight is 396 g/mol. The van der Waals surface area contributed by atoms with Crippen LogP contribution in [0.5, 0.6) is 0 Å². The van der Waals surface area contributed by atoms with Crippen molar-refractivity contribution in [2.45, 2.75) is 38.8 Å². The molecule has 1 unspecified atom stereocenters. The number of anilines is 1. The number of rotatable bonds is 6. The van der Waals surface area contributed by atoms with Crippen LogP contribution in [0.15, 0.2) is 48.8 Å². The van der Waals surface area contributed by atoms with Gasteiger partial charge in [0.05, 0.1) is 23.9 Å². The fourth-order valence-electron chi connectivity index (χ4n) is 3.40. The molecular formula is C22H28N4O3. The molecule has 2 amide bonds. The van der Waals surface area contributed by atoms with E-state index < -0.39 is 0 Å². The summed E-state index contributed by atoms with van der Waals surface area (Å²) >= 11 is 0. The summed E-state index contributed by atoms with van der Waals surface area (Å²) in [4.78, 5) is 30.4. The summed E-state index contributed by atoms with van der Waals surface area (Å²) in [5.74, 6) is -0.158. The summed E-state index contributed by atoms with van der Waals surface area (Å²) in [5.41, 5.74) is 2.37. The SMILES string of the molecule is CCOC(=O)N1CCC(Nc2cncc(C(=O)NC(C)c3ccccc3)c2)CC1. The third-order valence-corrected chi connectivity index (χ3v) is 5.04. The van der Waals surface area contributed by atoms with Crippen molar-refractivity contribution in [1.29, 1.82) is 0 Å². The second-order valence-electron chi connectivity index (χ2n) is 7.17. The molecule has 29 heavy (non-hydrogen) atoms. The Hall–Kier alpha value is -3.09. The van der Waals surface area contributed by atoms with Crippen molar-refractivity contribution >= 4 is 17.7 Å². The summed E-state index contributed by atoms with van der Waals surface area (Å²) in [5, 5.41) is 6.44. The van der Waals surface area contributed by atoms with E-state index >= 15 is 0 Å². The molecule has 0 aliphatic carbocycles. The Morgan fingerprint density at radius 1 is 1.21 bits per heavy atom. The predicted molar refractivity (Wildman–Crippen MR) is 112 cm³/mol. The van der Waals surface area contributed by atoms with Gasteiger partial charge in [-0.2, -0.15) is 0 Å². The molecule has 1 saturated heterocycles. The van der Waals surface area contributed by atoms with Crippen molar-refractivity contribution in [3.8, 4) is 0 Å². The molecule has 2 N–H and O–H groups in total. The van der Waals surface area contributed by atoms with Crippen molar-refractivity contribution in [3.05, 3.63) is 59.9 Å². The number of hydrogen-bond donors (Lipinski definition) is 2. The number of amides is 2. The second-order valence-corrected chi connectivity index (χ2v) is 7.17. The number of piperidine rings is 1. The van der Waals surface area contributed by atoms with Gasteiger partial charge in [0.25, 0.3) is 5.91 Å². The standard InChI is InChI=1S/C22H28N4O3/c1-3-29-22(28)26-11-9-19(10-12-26)25-20-13-18(14-23-15-20)21(27)24-16(2)17-7-5-4-6-8-17/h4-8,13-16,19,25H,3,9-12H2,1-2H3,(H,24,27). The van der Waals surface area contributed by atoms with Gasteiger partial charge in [-0.3, -0.25) is 9.78 Å². The zero-order valence-corrected chi connectivity index (χ0v) is 16.9. The lowest BCUT2D eigenvalue weighted by molar-refractivity contribution is 0.0937. The van der Waals surface area contributed by atoms with Crippen molar-refractivity contribution in [2.75, 3.05) is 25.0 Å². The van der Waals surface area contributed by atoms with Crippen LogP contribution >= 0.6 is 0 Å². The molecule has 2 aromatic rings. The van der Waals surface area contributed by atoms with Crippen LogP contribution in [0.1, 0.15) is 48.7 Å². The Bertz CT molecular complexity index is 820. The normalized spacial score (nSPS) is 15.4. The molecule has 1 aromatic carbocycles. The van der Waals surface area contributed by atoms with E-state index in [0.29, 0.717) is 25.3 Å². The van der Waals surface area contributed by atoms with Crippen LogP contribution in [-0.4, -0.2) is 47.6 Å². The average Bonchev–Trinajstić information content (AvgIpc) is 2.75. The van der Waals surface area contributed by atoms with E-state index in [0.717, 1.165) is 24.1 Å². The number of ether oxygens (including phenoxy) is 1. The summed E-state index contributed by atoms with van der Waals surface area (Å²) in [6.45, 7) is 5.46. The molecule has 0 saturated carbocycles. The summed E-state index contributed by atoms with van der Waals surface area (Å²) < 4.78 is 5.05. The maximum Gasteiger partial charge on any atom is 0.409 e. The Labute approximate surface area is 171 Å². The largest absolute Gasteiger partial charge is 0.450 e. The third kappa shape index (κ3) is 5.70. The zero-order valence-electron chi connectivity index (χ0n) is 16.9. The molecule has 0 bridgehead atoms. The fourth-order valence-corrected chi connectivity index (χ4v) is 3.40. The number of likely N-dealkylation sites (tertiary alicyclic amines) is 1. The summed E-state index contributed by atoms with van der Waals surface area (Å²) in [7, 11) is 0. The quantitative estimate of drug-likeness (QED) is 0.779. The molecule has 1 atom stereocenters. The lowest BCUT2D eigenvalue weighted by Gasteiger charge is -2.32. The Morgan fingerprint density at radius 3 is 2.62 bits per heavy atom. The molecule has 3 rings (SSSR count). The van der Waals surface area contributed by atoms with Gasteiger partial charge in [-0.1, -0.05) is 30.3 Å². The van der Waals surface area contributed by atoms with Crippen molar-refractivity contribution < 1.29 is 14.3 Å². The van der Waals surface area contributed by atoms with Gasteiger partial charge in [0.1, 0.15) is 0 Å². The summed E-state index contributed by atoms with van der Waals surface area (Å²) in [6, 6.07) is 11.8. The smallest absolute Gasteiger partial charge is 0.409 e. The molecule has 1 aliphatic rings. The van der Waals surface area contributed by atoms with Crippen LogP contribution in [0.3, 0.4) is 0 Å². The third-order valence-electron chi connectivity index (χ3n) is 5.04. The molecule has 1 fully saturated rings. The maximum atomic E-state index is 12.6. The van der Waals surface area contributed by atoms with Crippen molar-refractivity contribution in [2.24, 2.45) is 0 Å². The van der Waals surface area contributed by atoms with Gasteiger partial charge in [0.15, 0.2) is 0 Å². The summed E-state index contributed by atoms with van der Waals surface area (Å²) in [6.07, 6.45) is 4.68. The Kier molecular flexibility index (Phi) is 7.05. The highest BCUT2D eigenvalue weighted by Crippen LogP contribution is 2.18. The monoisotopic (exact) mass is 396 g/mol. The van der Waals surface area contributed by atoms with Crippen LogP contribution in [0.25, 0.3) is 0 Å². The molecule has 7 nitrogen and oxygen atoms in total. The molecule has 154 valence electrons. The first kappa shape index (κ1) is 20.6. The van der Waals surface area contributed by atoms with Gasteiger partial charge in [0, 0.05) is 31.5 Å². The zero-order chi connectivity index (χ0) is 20.6. The van der Waals surface area contributed by atoms with Crippen LogP contribution < -0.4 is 10.6 Å². The van der Waals surface area contributed by atoms with Crippen LogP contribution in [0, 0.1) is 0 Å². The predicted octanol–water partition coefficient (Wildman–Crippen LogP) is 3.61. The number of aromatic nitrogens is 1. The van der Waals surface area contributed by atoms with Gasteiger partial charge in [0.2, 0.25) is 0 Å². The first-order valence-corrected chi connectivity index (χ1v) is 10.1. The number of hydrogen-bond acceptors (Lipinski definition) is 5. The topological polar surface area (TPSA) is 83.6 Å². The Morgan fingerprint density at radius 2 is 1.93 bits per heavy atom. The van der Waals surface area contributed by atoms with Gasteiger partial charge >= 0.3 is 6.09 Å². The molecule has 0 radical (unpaired) electrons. The minimum absolute atomic E-state index is 0.0903. The molecule has 0 spiro atoms. The highest BCUT2D eigenvalue weighted by Gasteiger charge is 2.23. The molecule has 2 heterocycles. The number of benzene rings is 1. The van der Waals surface area contributed by atoms with Crippen LogP contribution in [-0.2, 0) is 4.74 Å². The molecule has 7 heteroatoms. The minimum Gasteiger partial charge on any atom is -0.450 e. The van der Waals surface area contributed by atoms with E-state index in [9.17, 15) is 9.59 Å². The van der Waals surface area contributed by atoms with E-state index in [4.69, 9.17) is 4.74 Å². The van der Waals surface area contributed by atoms with E-state index in [1.807, 2.05) is 50.2 Å². The second kappa shape index (κ2) is 9.91. The van der Waals surface area contributed by atoms with Crippen LogP contribution in [0.4, 0.5) is 10.5 Å². The van der Waals surface area contributed by atoms with Crippen LogP contribution in [0.2, 0.25) is 0 Å². The molecule has 1 aromatic heterocycles. The first-order valence-electron chi connectivity index (χ1n) is 10.1. The van der Waals surface area contributed by atoms with Gasteiger partial charge in [-0.05, 0) is 38.3 Å². The Balaban J connectivity index is 1.54. The minimum atomic E-state index is -0.251. The maximum absolute atomic E-state index is 12.6. The van der Waals surface area contributed by atoms with Gasteiger partial charge in [-0.25, -0.2) is 4.79 Å². The highest BCUT2D eigenvalue weighted by molar-refractivity contribution is 5.95. The molecule has 1 aliphatic heterocycles. The number of pyridine rings is 1. The van der Waals surface area contributed by atoms with Gasteiger partial charge < -0.3 is 20.3 Å². The number of nitrogens with one attached hydrogen (secondary N) is 2. The number of carbonyl (C=O) groups is 2. The lowest BCUT2D eigenvalue weighted by Crippen LogP contribution is -2.42. The van der Waals surface area contributed by atoms with E-state index in [1.54, 1.807) is 17.3 Å². The van der Waals surface area contributed by atoms with Gasteiger partial charge in [-0.15, -0.1) is 0 Å². The number of carbonyl (C=O) groups excluding carboxylic acids is 2. The number of nitrogens with zero attached hydrogens (tertiary/aromatic N) is 2. The molecular weight excluding hydrogens is 368 g/mol. The lowest BCUT2D eigenvalue weighted by atomic mass is 10.0. The van der Waals surface area contributed by atoms with Crippen molar-refractivity contribution in [3.63, 3.8) is 0 Å². The van der Waals surface area contributed by atoms with E-state index in [-0.39, 0.29) is 24.1 Å². The van der Waals surface area contributed by atoms with E-state index in [2.05, 4.69) is 15.6 Å². The first-order chi connectivity index (χ1) is 14.1. The fraction of sp³-hybridized carbons (Fsp3) is 0.409. The van der Waals surface area contributed by atoms with E-state index in [1.165, 1.54) is 0 Å². The van der Waals surface area contributed by atoms with Crippen molar-refractivity contribution in [1.82, 2.24) is 15.2 Å².